The molecule has 0 aliphatic heterocycles. The molecule has 0 bridgehead atoms. The van der Waals surface area contributed by atoms with Gasteiger partial charge in [-0.25, -0.2) is 0 Å². The van der Waals surface area contributed by atoms with Crippen LogP contribution in [0.25, 0.3) is 10.9 Å². The second kappa shape index (κ2) is 5.93. The second-order valence-corrected chi connectivity index (χ2v) is 5.56. The summed E-state index contributed by atoms with van der Waals surface area (Å²) in [6.45, 7) is 1.97. The average Bonchev–Trinajstić information content (AvgIpc) is 3.00. The monoisotopic (exact) mass is 297 g/mol. The molecule has 106 valence electrons. The number of aromatic nitrogens is 1. The first kappa shape index (κ1) is 13.6. The van der Waals surface area contributed by atoms with E-state index in [1.807, 2.05) is 54.9 Å². The number of pyridine rings is 1. The highest BCUT2D eigenvalue weighted by Crippen LogP contribution is 2.27. The van der Waals surface area contributed by atoms with Gasteiger partial charge in [0.1, 0.15) is 5.75 Å². The van der Waals surface area contributed by atoms with Gasteiger partial charge in [-0.3, -0.25) is 10.4 Å². The number of fused-ring (bicyclic) bond motifs is 1. The number of thiophene rings is 1. The van der Waals surface area contributed by atoms with Gasteiger partial charge in [0.15, 0.2) is 0 Å². The van der Waals surface area contributed by atoms with Gasteiger partial charge in [0, 0.05) is 16.0 Å². The molecular weight excluding hydrogens is 282 g/mol. The Hall–Kier alpha value is -2.40. The van der Waals surface area contributed by atoms with Gasteiger partial charge in [-0.15, -0.1) is 11.3 Å². The zero-order valence-electron chi connectivity index (χ0n) is 11.8. The summed E-state index contributed by atoms with van der Waals surface area (Å²) in [5, 5.41) is 7.31. The summed E-state index contributed by atoms with van der Waals surface area (Å²) in [6, 6.07) is 11.8. The third kappa shape index (κ3) is 3.03. The minimum absolute atomic E-state index is 0.804. The lowest BCUT2D eigenvalue weighted by Crippen LogP contribution is -1.95. The molecule has 1 aromatic carbocycles. The Morgan fingerprint density at radius 2 is 2.19 bits per heavy atom. The van der Waals surface area contributed by atoms with Crippen molar-refractivity contribution in [2.45, 2.75) is 6.92 Å². The lowest BCUT2D eigenvalue weighted by molar-refractivity contribution is 0.415. The number of aryl methyl sites for hydroxylation is 1. The van der Waals surface area contributed by atoms with Crippen LogP contribution in [0.15, 0.2) is 46.9 Å². The average molecular weight is 297 g/mol. The van der Waals surface area contributed by atoms with E-state index >= 15 is 0 Å². The molecule has 0 spiro atoms. The first-order chi connectivity index (χ1) is 10.3. The normalized spacial score (nSPS) is 11.1. The van der Waals surface area contributed by atoms with Crippen LogP contribution in [0.4, 0.5) is 5.69 Å². The maximum atomic E-state index is 5.28. The molecule has 0 saturated heterocycles. The van der Waals surface area contributed by atoms with Gasteiger partial charge >= 0.3 is 0 Å². The lowest BCUT2D eigenvalue weighted by Gasteiger charge is -2.08. The topological polar surface area (TPSA) is 46.5 Å². The van der Waals surface area contributed by atoms with Crippen molar-refractivity contribution in [3.8, 4) is 5.75 Å². The molecule has 3 rings (SSSR count). The standard InChI is InChI=1S/C16H15N3OS/c1-11-8-16(19-17-10-13-4-3-7-21-13)14-9-12(20-2)5-6-15(14)18-11/h3-10H,1-2H3,(H,18,19)/b17-10+. The van der Waals surface area contributed by atoms with Crippen molar-refractivity contribution >= 4 is 34.1 Å². The van der Waals surface area contributed by atoms with Crippen LogP contribution in [0.1, 0.15) is 10.6 Å². The Bertz CT molecular complexity index is 782. The van der Waals surface area contributed by atoms with Crippen molar-refractivity contribution in [3.05, 3.63) is 52.3 Å². The first-order valence-corrected chi connectivity index (χ1v) is 7.42. The van der Waals surface area contributed by atoms with Crippen LogP contribution in [-0.4, -0.2) is 18.3 Å². The van der Waals surface area contributed by atoms with Crippen molar-refractivity contribution in [3.63, 3.8) is 0 Å². The Balaban J connectivity index is 1.96. The van der Waals surface area contributed by atoms with Crippen LogP contribution in [0.2, 0.25) is 0 Å². The van der Waals surface area contributed by atoms with Crippen molar-refractivity contribution in [1.82, 2.24) is 4.98 Å². The van der Waals surface area contributed by atoms with Crippen molar-refractivity contribution in [1.29, 1.82) is 0 Å². The molecule has 0 aliphatic rings. The molecule has 0 aliphatic carbocycles. The van der Waals surface area contributed by atoms with E-state index in [0.717, 1.165) is 32.9 Å². The Kier molecular flexibility index (Phi) is 3.83. The molecule has 2 heterocycles. The van der Waals surface area contributed by atoms with E-state index in [2.05, 4.69) is 15.5 Å². The smallest absolute Gasteiger partial charge is 0.119 e. The van der Waals surface area contributed by atoms with Gasteiger partial charge < -0.3 is 4.74 Å². The molecule has 3 aromatic rings. The Morgan fingerprint density at radius 1 is 1.29 bits per heavy atom. The Labute approximate surface area is 127 Å². The molecule has 0 radical (unpaired) electrons. The maximum Gasteiger partial charge on any atom is 0.119 e. The number of ether oxygens (including phenoxy) is 1. The van der Waals surface area contributed by atoms with Crippen LogP contribution in [0.5, 0.6) is 5.75 Å². The summed E-state index contributed by atoms with van der Waals surface area (Å²) >= 11 is 1.65. The van der Waals surface area contributed by atoms with E-state index in [0.29, 0.717) is 0 Å². The van der Waals surface area contributed by atoms with Gasteiger partial charge in [0.05, 0.1) is 24.5 Å². The molecule has 5 heteroatoms. The highest BCUT2D eigenvalue weighted by Gasteiger charge is 2.05. The number of methoxy groups -OCH3 is 1. The minimum Gasteiger partial charge on any atom is -0.497 e. The summed E-state index contributed by atoms with van der Waals surface area (Å²) in [5.41, 5.74) is 5.89. The van der Waals surface area contributed by atoms with Crippen molar-refractivity contribution < 1.29 is 4.74 Å². The van der Waals surface area contributed by atoms with Crippen LogP contribution in [0.3, 0.4) is 0 Å². The fourth-order valence-electron chi connectivity index (χ4n) is 2.09. The van der Waals surface area contributed by atoms with Crippen LogP contribution in [-0.2, 0) is 0 Å². The number of nitrogens with one attached hydrogen (secondary N) is 1. The van der Waals surface area contributed by atoms with E-state index in [1.54, 1.807) is 18.4 Å². The largest absolute Gasteiger partial charge is 0.497 e. The maximum absolute atomic E-state index is 5.28. The van der Waals surface area contributed by atoms with E-state index < -0.39 is 0 Å². The highest BCUT2D eigenvalue weighted by atomic mass is 32.1. The highest BCUT2D eigenvalue weighted by molar-refractivity contribution is 7.11. The molecule has 0 atom stereocenters. The van der Waals surface area contributed by atoms with Gasteiger partial charge in [0.25, 0.3) is 0 Å². The van der Waals surface area contributed by atoms with Crippen molar-refractivity contribution in [2.24, 2.45) is 5.10 Å². The van der Waals surface area contributed by atoms with Crippen LogP contribution in [0, 0.1) is 6.92 Å². The molecular formula is C16H15N3OS. The summed E-state index contributed by atoms with van der Waals surface area (Å²) in [6.07, 6.45) is 1.81. The minimum atomic E-state index is 0.804. The number of rotatable bonds is 4. The SMILES string of the molecule is COc1ccc2nc(C)cc(N/N=C/c3cccs3)c2c1. The van der Waals surface area contributed by atoms with Gasteiger partial charge in [-0.1, -0.05) is 6.07 Å². The summed E-state index contributed by atoms with van der Waals surface area (Å²) < 4.78 is 5.28. The number of nitrogens with zero attached hydrogens (tertiary/aromatic N) is 2. The number of hydrogen-bond donors (Lipinski definition) is 1. The predicted molar refractivity (Wildman–Crippen MR) is 88.6 cm³/mol. The van der Waals surface area contributed by atoms with E-state index in [1.165, 1.54) is 0 Å². The number of anilines is 1. The fourth-order valence-corrected chi connectivity index (χ4v) is 2.67. The number of hydrogen-bond acceptors (Lipinski definition) is 5. The molecule has 0 amide bonds. The molecule has 1 N–H and O–H groups in total. The molecule has 4 nitrogen and oxygen atoms in total. The molecule has 0 unspecified atom stereocenters. The van der Waals surface area contributed by atoms with E-state index in [4.69, 9.17) is 4.74 Å². The van der Waals surface area contributed by atoms with Crippen LogP contribution >= 0.6 is 11.3 Å². The predicted octanol–water partition coefficient (Wildman–Crippen LogP) is 4.06. The third-order valence-corrected chi connectivity index (χ3v) is 3.87. The second-order valence-electron chi connectivity index (χ2n) is 4.58. The van der Waals surface area contributed by atoms with Gasteiger partial charge in [0.2, 0.25) is 0 Å². The Morgan fingerprint density at radius 3 is 2.95 bits per heavy atom. The summed E-state index contributed by atoms with van der Waals surface area (Å²) in [5.74, 6) is 0.804. The quantitative estimate of drug-likeness (QED) is 0.583. The van der Waals surface area contributed by atoms with Gasteiger partial charge in [-0.2, -0.15) is 5.10 Å². The summed E-state index contributed by atoms with van der Waals surface area (Å²) in [7, 11) is 1.66. The first-order valence-electron chi connectivity index (χ1n) is 6.54. The zero-order chi connectivity index (χ0) is 14.7. The molecule has 0 fully saturated rings. The fraction of sp³-hybridized carbons (Fsp3) is 0.125. The number of benzene rings is 1. The molecule has 0 saturated carbocycles. The van der Waals surface area contributed by atoms with E-state index in [9.17, 15) is 0 Å². The van der Waals surface area contributed by atoms with Crippen molar-refractivity contribution in [2.75, 3.05) is 12.5 Å². The van der Waals surface area contributed by atoms with Crippen LogP contribution < -0.4 is 10.2 Å². The van der Waals surface area contributed by atoms with Gasteiger partial charge in [-0.05, 0) is 42.6 Å². The van der Waals surface area contributed by atoms with E-state index in [-0.39, 0.29) is 0 Å². The lowest BCUT2D eigenvalue weighted by atomic mass is 10.1. The molecule has 21 heavy (non-hydrogen) atoms. The zero-order valence-corrected chi connectivity index (χ0v) is 12.6. The molecule has 2 aromatic heterocycles. The third-order valence-electron chi connectivity index (χ3n) is 3.06. The number of hydrazone groups is 1. The summed E-state index contributed by atoms with van der Waals surface area (Å²) in [4.78, 5) is 5.63.